The smallest absolute Gasteiger partial charge is 0.191 e. The molecule has 1 heterocycles. The quantitative estimate of drug-likeness (QED) is 0.290. The Morgan fingerprint density at radius 1 is 1.38 bits per heavy atom. The highest BCUT2D eigenvalue weighted by Crippen LogP contribution is 2.23. The highest BCUT2D eigenvalue weighted by Gasteiger charge is 2.19. The van der Waals surface area contributed by atoms with Crippen molar-refractivity contribution in [3.05, 3.63) is 18.2 Å². The van der Waals surface area contributed by atoms with E-state index >= 15 is 0 Å². The summed E-state index contributed by atoms with van der Waals surface area (Å²) < 4.78 is 2.20. The number of nitrogens with zero attached hydrogens (tertiary/aromatic N) is 3. The second-order valence-corrected chi connectivity index (χ2v) is 6.75. The van der Waals surface area contributed by atoms with E-state index in [2.05, 4.69) is 47.2 Å². The fourth-order valence-electron chi connectivity index (χ4n) is 3.30. The van der Waals surface area contributed by atoms with Crippen LogP contribution in [0.25, 0.3) is 0 Å². The summed E-state index contributed by atoms with van der Waals surface area (Å²) in [7, 11) is 0. The van der Waals surface area contributed by atoms with Gasteiger partial charge in [-0.3, -0.25) is 4.99 Å². The number of guanidine groups is 1. The summed E-state index contributed by atoms with van der Waals surface area (Å²) in [6, 6.07) is 0.588. The van der Waals surface area contributed by atoms with Crippen LogP contribution in [0.1, 0.15) is 58.2 Å². The van der Waals surface area contributed by atoms with Gasteiger partial charge < -0.3 is 15.2 Å². The maximum atomic E-state index is 4.74. The summed E-state index contributed by atoms with van der Waals surface area (Å²) in [5, 5.41) is 7.01. The molecular formula is C18H34IN5. The van der Waals surface area contributed by atoms with Crippen LogP contribution in [0.15, 0.2) is 17.4 Å². The predicted octanol–water partition coefficient (Wildman–Crippen LogP) is 3.72. The zero-order chi connectivity index (χ0) is 16.5. The molecule has 2 N–H and O–H groups in total. The van der Waals surface area contributed by atoms with Gasteiger partial charge in [0.2, 0.25) is 0 Å². The van der Waals surface area contributed by atoms with Crippen molar-refractivity contribution in [1.29, 1.82) is 0 Å². The highest BCUT2D eigenvalue weighted by molar-refractivity contribution is 14.0. The second-order valence-electron chi connectivity index (χ2n) is 6.75. The summed E-state index contributed by atoms with van der Waals surface area (Å²) in [6.07, 6.45) is 11.4. The molecule has 6 heteroatoms. The second kappa shape index (κ2) is 11.7. The molecule has 1 aromatic rings. The lowest BCUT2D eigenvalue weighted by Crippen LogP contribution is -2.45. The van der Waals surface area contributed by atoms with Crippen LogP contribution >= 0.6 is 24.0 Å². The van der Waals surface area contributed by atoms with E-state index in [4.69, 9.17) is 4.99 Å². The van der Waals surface area contributed by atoms with E-state index in [1.54, 1.807) is 0 Å². The molecule has 0 aromatic carbocycles. The molecule has 0 spiro atoms. The van der Waals surface area contributed by atoms with Crippen LogP contribution in [-0.2, 0) is 6.54 Å². The van der Waals surface area contributed by atoms with Gasteiger partial charge in [-0.15, -0.1) is 24.0 Å². The maximum Gasteiger partial charge on any atom is 0.191 e. The van der Waals surface area contributed by atoms with Gasteiger partial charge >= 0.3 is 0 Å². The number of aromatic nitrogens is 2. The van der Waals surface area contributed by atoms with Gasteiger partial charge in [-0.25, -0.2) is 4.98 Å². The minimum absolute atomic E-state index is 0. The van der Waals surface area contributed by atoms with E-state index in [0.29, 0.717) is 6.04 Å². The molecule has 24 heavy (non-hydrogen) atoms. The van der Waals surface area contributed by atoms with Crippen LogP contribution in [0.4, 0.5) is 0 Å². The van der Waals surface area contributed by atoms with Gasteiger partial charge in [0.05, 0.1) is 0 Å². The lowest BCUT2D eigenvalue weighted by molar-refractivity contribution is 0.324. The number of halogens is 1. The third-order valence-electron chi connectivity index (χ3n) is 4.62. The molecule has 0 aliphatic heterocycles. The summed E-state index contributed by atoms with van der Waals surface area (Å²) in [6.45, 7) is 9.37. The fraction of sp³-hybridized carbons (Fsp3) is 0.778. The Kier molecular flexibility index (Phi) is 10.4. The molecule has 1 aliphatic rings. The number of rotatable bonds is 7. The van der Waals surface area contributed by atoms with E-state index in [1.807, 2.05) is 6.20 Å². The first-order valence-corrected chi connectivity index (χ1v) is 9.21. The molecule has 1 saturated carbocycles. The molecule has 0 amide bonds. The minimum Gasteiger partial charge on any atom is -0.357 e. The number of unbranched alkanes of at least 4 members (excludes halogenated alkanes) is 1. The minimum atomic E-state index is 0. The van der Waals surface area contributed by atoms with Crippen LogP contribution < -0.4 is 10.6 Å². The molecule has 138 valence electrons. The average Bonchev–Trinajstić information content (AvgIpc) is 2.92. The van der Waals surface area contributed by atoms with Gasteiger partial charge in [0.25, 0.3) is 0 Å². The summed E-state index contributed by atoms with van der Waals surface area (Å²) in [4.78, 5) is 9.00. The first-order chi connectivity index (χ1) is 11.2. The Balaban J connectivity index is 0.00000288. The van der Waals surface area contributed by atoms with Gasteiger partial charge in [-0.2, -0.15) is 0 Å². The first-order valence-electron chi connectivity index (χ1n) is 9.21. The number of hydrogen-bond donors (Lipinski definition) is 2. The molecule has 0 saturated heterocycles. The Hall–Kier alpha value is -0.790. The van der Waals surface area contributed by atoms with E-state index in [1.165, 1.54) is 25.7 Å². The van der Waals surface area contributed by atoms with Crippen LogP contribution in [0, 0.1) is 12.8 Å². The predicted molar refractivity (Wildman–Crippen MR) is 112 cm³/mol. The van der Waals surface area contributed by atoms with Gasteiger partial charge in [0.15, 0.2) is 5.96 Å². The van der Waals surface area contributed by atoms with Crippen LogP contribution in [0.5, 0.6) is 0 Å². The normalized spacial score (nSPS) is 21.2. The maximum absolute atomic E-state index is 4.74. The summed E-state index contributed by atoms with van der Waals surface area (Å²) in [5.41, 5.74) is 0. The summed E-state index contributed by atoms with van der Waals surface area (Å²) >= 11 is 0. The molecule has 2 rings (SSSR count). The number of aliphatic imine (C=N–C) groups is 1. The van der Waals surface area contributed by atoms with E-state index in [9.17, 15) is 0 Å². The van der Waals surface area contributed by atoms with Gasteiger partial charge in [0.1, 0.15) is 5.82 Å². The third-order valence-corrected chi connectivity index (χ3v) is 4.62. The lowest BCUT2D eigenvalue weighted by Gasteiger charge is -2.28. The number of hydrogen-bond acceptors (Lipinski definition) is 2. The van der Waals surface area contributed by atoms with Crippen molar-refractivity contribution in [1.82, 2.24) is 20.2 Å². The molecular weight excluding hydrogens is 413 g/mol. The van der Waals surface area contributed by atoms with Crippen molar-refractivity contribution in [3.63, 3.8) is 0 Å². The third kappa shape index (κ3) is 7.40. The van der Waals surface area contributed by atoms with Crippen LogP contribution in [0.2, 0.25) is 0 Å². The largest absolute Gasteiger partial charge is 0.357 e. The Morgan fingerprint density at radius 2 is 2.21 bits per heavy atom. The lowest BCUT2D eigenvalue weighted by atomic mass is 9.87. The topological polar surface area (TPSA) is 54.2 Å². The average molecular weight is 447 g/mol. The molecule has 1 fully saturated rings. The van der Waals surface area contributed by atoms with E-state index < -0.39 is 0 Å². The SMILES string of the molecule is CCNC(=NCCCCn1ccnc1C)NC1CCCC(C)C1.I. The standard InChI is InChI=1S/C18H33N5.HI/c1-4-19-18(22-17-9-7-8-15(2)14-17)21-10-5-6-12-23-13-11-20-16(23)3;/h11,13,15,17H,4-10,12,14H2,1-3H3,(H2,19,21,22);1H. The number of imidazole rings is 1. The molecule has 0 radical (unpaired) electrons. The Bertz CT molecular complexity index is 486. The monoisotopic (exact) mass is 447 g/mol. The zero-order valence-electron chi connectivity index (χ0n) is 15.4. The molecule has 1 aliphatic carbocycles. The van der Waals surface area contributed by atoms with Crippen molar-refractivity contribution < 1.29 is 0 Å². The van der Waals surface area contributed by atoms with Gasteiger partial charge in [-0.05, 0) is 45.4 Å². The fourth-order valence-corrected chi connectivity index (χ4v) is 3.30. The molecule has 2 atom stereocenters. The van der Waals surface area contributed by atoms with Crippen molar-refractivity contribution in [2.45, 2.75) is 71.9 Å². The Labute approximate surface area is 164 Å². The van der Waals surface area contributed by atoms with Crippen LogP contribution in [-0.4, -0.2) is 34.6 Å². The molecule has 1 aromatic heterocycles. The molecule has 0 bridgehead atoms. The van der Waals surface area contributed by atoms with Gasteiger partial charge in [0, 0.05) is 38.1 Å². The van der Waals surface area contributed by atoms with Crippen molar-refractivity contribution in [2.24, 2.45) is 10.9 Å². The highest BCUT2D eigenvalue weighted by atomic mass is 127. The zero-order valence-corrected chi connectivity index (χ0v) is 17.8. The molecule has 2 unspecified atom stereocenters. The van der Waals surface area contributed by atoms with Crippen molar-refractivity contribution in [2.75, 3.05) is 13.1 Å². The number of aryl methyl sites for hydroxylation is 2. The van der Waals surface area contributed by atoms with Crippen LogP contribution in [0.3, 0.4) is 0 Å². The summed E-state index contributed by atoms with van der Waals surface area (Å²) in [5.74, 6) is 2.92. The number of nitrogens with one attached hydrogen (secondary N) is 2. The van der Waals surface area contributed by atoms with Crippen molar-refractivity contribution in [3.8, 4) is 0 Å². The van der Waals surface area contributed by atoms with Gasteiger partial charge in [-0.1, -0.05) is 19.8 Å². The van der Waals surface area contributed by atoms with E-state index in [-0.39, 0.29) is 24.0 Å². The van der Waals surface area contributed by atoms with Crippen molar-refractivity contribution >= 4 is 29.9 Å². The first kappa shape index (κ1) is 21.3. The Morgan fingerprint density at radius 3 is 2.88 bits per heavy atom. The van der Waals surface area contributed by atoms with E-state index in [0.717, 1.165) is 50.2 Å². The molecule has 5 nitrogen and oxygen atoms in total.